The highest BCUT2D eigenvalue weighted by molar-refractivity contribution is 7.99. The van der Waals surface area contributed by atoms with E-state index in [1.165, 1.54) is 0 Å². The van der Waals surface area contributed by atoms with Crippen LogP contribution in [0.1, 0.15) is 0 Å². The maximum absolute atomic E-state index is 10.2. The molecule has 0 N–H and O–H groups in total. The zero-order valence-corrected chi connectivity index (χ0v) is 5.65. The second-order valence-corrected chi connectivity index (χ2v) is 2.96. The molecule has 1 unspecified atom stereocenters. The first-order valence-corrected chi connectivity index (χ1v) is 3.73. The molecule has 0 aromatic rings. The van der Waals surface area contributed by atoms with Gasteiger partial charge in [0.1, 0.15) is 6.29 Å². The summed E-state index contributed by atoms with van der Waals surface area (Å²) in [6.07, 6.45) is 1.01. The molecule has 0 amide bonds. The zero-order chi connectivity index (χ0) is 5.98. The van der Waals surface area contributed by atoms with E-state index < -0.39 is 0 Å². The molecule has 0 saturated carbocycles. The Kier molecular flexibility index (Phi) is 1.91. The van der Waals surface area contributed by atoms with E-state index in [1.54, 1.807) is 0 Å². The van der Waals surface area contributed by atoms with Crippen LogP contribution >= 0.6 is 11.8 Å². The fourth-order valence-electron chi connectivity index (χ4n) is 0.684. The molecule has 1 saturated heterocycles. The van der Waals surface area contributed by atoms with Crippen molar-refractivity contribution in [2.24, 2.45) is 0 Å². The number of nitrogens with zero attached hydrogens (tertiary/aromatic N) is 1. The lowest BCUT2D eigenvalue weighted by Gasteiger charge is -2.09. The maximum atomic E-state index is 10.2. The second kappa shape index (κ2) is 2.51. The Labute approximate surface area is 53.2 Å². The third-order valence-corrected chi connectivity index (χ3v) is 2.47. The molecule has 0 bridgehead atoms. The first-order chi connectivity index (χ1) is 3.84. The molecule has 46 valence electrons. The fourth-order valence-corrected chi connectivity index (χ4v) is 1.84. The molecular formula is C5H9NOS. The summed E-state index contributed by atoms with van der Waals surface area (Å²) in [5, 5.41) is 0. The summed E-state index contributed by atoms with van der Waals surface area (Å²) in [5.74, 6) is 1.98. The molecule has 1 rings (SSSR count). The number of hydrogen-bond donors (Lipinski definition) is 0. The highest BCUT2D eigenvalue weighted by atomic mass is 32.2. The number of thioether (sulfide) groups is 1. The minimum absolute atomic E-state index is 0.181. The number of hydrogen-bond acceptors (Lipinski definition) is 3. The van der Waals surface area contributed by atoms with Crippen LogP contribution in [0.5, 0.6) is 0 Å². The first-order valence-electron chi connectivity index (χ1n) is 2.58. The van der Waals surface area contributed by atoms with Gasteiger partial charge >= 0.3 is 0 Å². The molecule has 0 aromatic carbocycles. The van der Waals surface area contributed by atoms with Crippen LogP contribution in [0.3, 0.4) is 0 Å². The first kappa shape index (κ1) is 6.11. The van der Waals surface area contributed by atoms with E-state index in [9.17, 15) is 4.79 Å². The van der Waals surface area contributed by atoms with E-state index in [0.717, 1.165) is 17.9 Å². The van der Waals surface area contributed by atoms with Gasteiger partial charge < -0.3 is 4.79 Å². The van der Waals surface area contributed by atoms with Crippen molar-refractivity contribution in [2.45, 2.75) is 6.04 Å². The van der Waals surface area contributed by atoms with Gasteiger partial charge in [0.25, 0.3) is 0 Å². The van der Waals surface area contributed by atoms with Crippen LogP contribution < -0.4 is 0 Å². The minimum Gasteiger partial charge on any atom is -0.302 e. The monoisotopic (exact) mass is 131 g/mol. The van der Waals surface area contributed by atoms with Gasteiger partial charge in [0.2, 0.25) is 0 Å². The summed E-state index contributed by atoms with van der Waals surface area (Å²) in [4.78, 5) is 12.2. The van der Waals surface area contributed by atoms with Gasteiger partial charge in [-0.2, -0.15) is 0 Å². The van der Waals surface area contributed by atoms with Crippen molar-refractivity contribution in [1.82, 2.24) is 4.90 Å². The number of aldehydes is 1. The van der Waals surface area contributed by atoms with Crippen LogP contribution in [0.4, 0.5) is 0 Å². The normalized spacial score (nSPS) is 30.9. The highest BCUT2D eigenvalue weighted by Gasteiger charge is 2.19. The molecule has 0 radical (unpaired) electrons. The topological polar surface area (TPSA) is 20.3 Å². The van der Waals surface area contributed by atoms with Crippen molar-refractivity contribution < 1.29 is 4.79 Å². The highest BCUT2D eigenvalue weighted by Crippen LogP contribution is 2.16. The van der Waals surface area contributed by atoms with Crippen molar-refractivity contribution in [3.8, 4) is 0 Å². The summed E-state index contributed by atoms with van der Waals surface area (Å²) < 4.78 is 0. The van der Waals surface area contributed by atoms with E-state index in [2.05, 4.69) is 4.90 Å². The summed E-state index contributed by atoms with van der Waals surface area (Å²) in [6, 6.07) is 0.181. The molecule has 1 aliphatic rings. The van der Waals surface area contributed by atoms with E-state index >= 15 is 0 Å². The predicted molar refractivity (Wildman–Crippen MR) is 34.9 cm³/mol. The van der Waals surface area contributed by atoms with Gasteiger partial charge in [-0.3, -0.25) is 4.90 Å². The van der Waals surface area contributed by atoms with Crippen molar-refractivity contribution in [1.29, 1.82) is 0 Å². The van der Waals surface area contributed by atoms with Crippen molar-refractivity contribution >= 4 is 18.0 Å². The molecule has 1 heterocycles. The van der Waals surface area contributed by atoms with Gasteiger partial charge in [0.15, 0.2) is 0 Å². The summed E-state index contributed by atoms with van der Waals surface area (Å²) in [6.45, 7) is 0. The van der Waals surface area contributed by atoms with Gasteiger partial charge in [-0.15, -0.1) is 11.8 Å². The van der Waals surface area contributed by atoms with Gasteiger partial charge in [-0.25, -0.2) is 0 Å². The van der Waals surface area contributed by atoms with Crippen molar-refractivity contribution in [3.05, 3.63) is 0 Å². The van der Waals surface area contributed by atoms with E-state index in [0.29, 0.717) is 0 Å². The van der Waals surface area contributed by atoms with E-state index in [-0.39, 0.29) is 6.04 Å². The van der Waals surface area contributed by atoms with E-state index in [4.69, 9.17) is 0 Å². The molecule has 1 atom stereocenters. The minimum atomic E-state index is 0.181. The van der Waals surface area contributed by atoms with Crippen LogP contribution in [0.25, 0.3) is 0 Å². The average Bonchev–Trinajstić information content (AvgIpc) is 2.14. The van der Waals surface area contributed by atoms with Crippen molar-refractivity contribution in [3.63, 3.8) is 0 Å². The summed E-state index contributed by atoms with van der Waals surface area (Å²) >= 11 is 1.81. The van der Waals surface area contributed by atoms with Crippen molar-refractivity contribution in [2.75, 3.05) is 18.7 Å². The Hall–Kier alpha value is -0.0200. The zero-order valence-electron chi connectivity index (χ0n) is 4.83. The Balaban J connectivity index is 2.41. The molecule has 1 aliphatic heterocycles. The molecule has 2 nitrogen and oxygen atoms in total. The Morgan fingerprint density at radius 2 is 2.62 bits per heavy atom. The van der Waals surface area contributed by atoms with Crippen LogP contribution in [-0.2, 0) is 4.79 Å². The quantitative estimate of drug-likeness (QED) is 0.474. The molecule has 8 heavy (non-hydrogen) atoms. The second-order valence-electron chi connectivity index (χ2n) is 1.96. The molecule has 0 spiro atoms. The standard InChI is InChI=1S/C5H9NOS/c1-6-4-8-3-5(6)2-7/h2,5H,3-4H2,1H3. The summed E-state index contributed by atoms with van der Waals surface area (Å²) in [7, 11) is 1.97. The third-order valence-electron chi connectivity index (χ3n) is 1.31. The number of carbonyl (C=O) groups is 1. The number of likely N-dealkylation sites (N-methyl/N-ethyl adjacent to an activating group) is 1. The molecule has 0 aromatic heterocycles. The molecular weight excluding hydrogens is 122 g/mol. The van der Waals surface area contributed by atoms with Gasteiger partial charge in [-0.05, 0) is 7.05 Å². The van der Waals surface area contributed by atoms with Crippen LogP contribution in [-0.4, -0.2) is 35.9 Å². The lowest BCUT2D eigenvalue weighted by molar-refractivity contribution is -0.110. The van der Waals surface area contributed by atoms with Gasteiger partial charge in [0, 0.05) is 11.6 Å². The average molecular weight is 131 g/mol. The lowest BCUT2D eigenvalue weighted by atomic mass is 10.4. The van der Waals surface area contributed by atoms with Gasteiger partial charge in [-0.1, -0.05) is 0 Å². The Morgan fingerprint density at radius 3 is 2.88 bits per heavy atom. The third kappa shape index (κ3) is 1.03. The molecule has 1 fully saturated rings. The van der Waals surface area contributed by atoms with Crippen LogP contribution in [0.2, 0.25) is 0 Å². The Morgan fingerprint density at radius 1 is 1.88 bits per heavy atom. The predicted octanol–water partition coefficient (Wildman–Crippen LogP) is 0.190. The van der Waals surface area contributed by atoms with Gasteiger partial charge in [0.05, 0.1) is 6.04 Å². The maximum Gasteiger partial charge on any atom is 0.137 e. The van der Waals surface area contributed by atoms with Crippen LogP contribution in [0, 0.1) is 0 Å². The Bertz CT molecular complexity index is 96.4. The number of carbonyl (C=O) groups excluding carboxylic acids is 1. The SMILES string of the molecule is CN1CSCC1C=O. The van der Waals surface area contributed by atoms with Crippen LogP contribution in [0.15, 0.2) is 0 Å². The lowest BCUT2D eigenvalue weighted by Crippen LogP contribution is -2.27. The van der Waals surface area contributed by atoms with E-state index in [1.807, 2.05) is 18.8 Å². The number of rotatable bonds is 1. The largest absolute Gasteiger partial charge is 0.302 e. The molecule has 3 heteroatoms. The molecule has 0 aliphatic carbocycles. The smallest absolute Gasteiger partial charge is 0.137 e. The fraction of sp³-hybridized carbons (Fsp3) is 0.800. The summed E-state index contributed by atoms with van der Waals surface area (Å²) in [5.41, 5.74) is 0.